The Morgan fingerprint density at radius 1 is 1.25 bits per heavy atom. The summed E-state index contributed by atoms with van der Waals surface area (Å²) in [5.74, 6) is 0.874. The number of rotatable bonds is 4. The molecule has 4 nitrogen and oxygen atoms in total. The molecule has 20 heavy (non-hydrogen) atoms. The van der Waals surface area contributed by atoms with Crippen LogP contribution in [0.1, 0.15) is 23.2 Å². The molecular formula is C16H25N3O. The van der Waals surface area contributed by atoms with Gasteiger partial charge in [-0.1, -0.05) is 0 Å². The van der Waals surface area contributed by atoms with Gasteiger partial charge in [0.2, 0.25) is 0 Å². The summed E-state index contributed by atoms with van der Waals surface area (Å²) in [6.07, 6.45) is 2.20. The van der Waals surface area contributed by atoms with Crippen LogP contribution in [0.4, 0.5) is 5.69 Å². The van der Waals surface area contributed by atoms with Gasteiger partial charge in [0, 0.05) is 38.4 Å². The zero-order valence-electron chi connectivity index (χ0n) is 12.7. The van der Waals surface area contributed by atoms with Gasteiger partial charge in [-0.15, -0.1) is 0 Å². The lowest BCUT2D eigenvalue weighted by Crippen LogP contribution is -2.40. The van der Waals surface area contributed by atoms with Crippen molar-refractivity contribution in [3.05, 3.63) is 29.8 Å². The second-order valence-corrected chi connectivity index (χ2v) is 5.73. The van der Waals surface area contributed by atoms with Gasteiger partial charge in [-0.3, -0.25) is 4.79 Å². The normalized spacial score (nSPS) is 16.2. The maximum absolute atomic E-state index is 12.4. The van der Waals surface area contributed by atoms with Crippen LogP contribution in [0.3, 0.4) is 0 Å². The first kappa shape index (κ1) is 14.9. The average Bonchev–Trinajstić information content (AvgIpc) is 2.48. The van der Waals surface area contributed by atoms with Crippen molar-refractivity contribution in [3.63, 3.8) is 0 Å². The van der Waals surface area contributed by atoms with Gasteiger partial charge in [-0.2, -0.15) is 0 Å². The standard InChI is InChI=1S/C16H25N3O/c1-17-12-13-8-10-19(11-9-13)16(20)14-4-6-15(7-5-14)18(2)3/h4-7,13,17H,8-12H2,1-3H3. The van der Waals surface area contributed by atoms with Gasteiger partial charge in [0.1, 0.15) is 0 Å². The maximum Gasteiger partial charge on any atom is 0.253 e. The van der Waals surface area contributed by atoms with Crippen molar-refractivity contribution >= 4 is 11.6 Å². The predicted octanol–water partition coefficient (Wildman–Crippen LogP) is 1.82. The van der Waals surface area contributed by atoms with Gasteiger partial charge in [0.25, 0.3) is 5.91 Å². The van der Waals surface area contributed by atoms with E-state index in [4.69, 9.17) is 0 Å². The van der Waals surface area contributed by atoms with E-state index in [0.29, 0.717) is 5.92 Å². The summed E-state index contributed by atoms with van der Waals surface area (Å²) in [6.45, 7) is 2.81. The summed E-state index contributed by atoms with van der Waals surface area (Å²) in [7, 11) is 6.00. The molecule has 1 aliphatic heterocycles. The highest BCUT2D eigenvalue weighted by Crippen LogP contribution is 2.19. The van der Waals surface area contributed by atoms with Crippen LogP contribution in [0.15, 0.2) is 24.3 Å². The van der Waals surface area contributed by atoms with Crippen LogP contribution < -0.4 is 10.2 Å². The second-order valence-electron chi connectivity index (χ2n) is 5.73. The lowest BCUT2D eigenvalue weighted by atomic mass is 9.96. The number of hydrogen-bond acceptors (Lipinski definition) is 3. The number of nitrogens with zero attached hydrogens (tertiary/aromatic N) is 2. The molecule has 110 valence electrons. The number of amides is 1. The largest absolute Gasteiger partial charge is 0.378 e. The third kappa shape index (κ3) is 3.51. The fourth-order valence-corrected chi connectivity index (χ4v) is 2.71. The fourth-order valence-electron chi connectivity index (χ4n) is 2.71. The Bertz CT molecular complexity index is 434. The van der Waals surface area contributed by atoms with Crippen LogP contribution in [0.25, 0.3) is 0 Å². The molecule has 0 atom stereocenters. The van der Waals surface area contributed by atoms with Crippen molar-refractivity contribution in [1.82, 2.24) is 10.2 Å². The van der Waals surface area contributed by atoms with E-state index in [0.717, 1.165) is 43.7 Å². The van der Waals surface area contributed by atoms with Gasteiger partial charge in [0.05, 0.1) is 0 Å². The molecule has 0 aromatic heterocycles. The monoisotopic (exact) mass is 275 g/mol. The number of piperidine rings is 1. The molecule has 1 aliphatic rings. The SMILES string of the molecule is CNCC1CCN(C(=O)c2ccc(N(C)C)cc2)CC1. The van der Waals surface area contributed by atoms with E-state index in [1.807, 2.05) is 55.2 Å². The topological polar surface area (TPSA) is 35.6 Å². The summed E-state index contributed by atoms with van der Waals surface area (Å²) in [6, 6.07) is 7.86. The molecule has 1 saturated heterocycles. The molecule has 0 saturated carbocycles. The van der Waals surface area contributed by atoms with Gasteiger partial charge in [-0.25, -0.2) is 0 Å². The van der Waals surface area contributed by atoms with Gasteiger partial charge in [0.15, 0.2) is 0 Å². The second kappa shape index (κ2) is 6.75. The Balaban J connectivity index is 1.95. The number of carbonyl (C=O) groups excluding carboxylic acids is 1. The number of anilines is 1. The number of likely N-dealkylation sites (tertiary alicyclic amines) is 1. The van der Waals surface area contributed by atoms with Crippen molar-refractivity contribution < 1.29 is 4.79 Å². The summed E-state index contributed by atoms with van der Waals surface area (Å²) in [4.78, 5) is 16.5. The molecule has 1 aromatic carbocycles. The van der Waals surface area contributed by atoms with Crippen molar-refractivity contribution in [2.24, 2.45) is 5.92 Å². The van der Waals surface area contributed by atoms with Crippen LogP contribution in [0, 0.1) is 5.92 Å². The van der Waals surface area contributed by atoms with E-state index >= 15 is 0 Å². The highest BCUT2D eigenvalue weighted by Gasteiger charge is 2.23. The molecule has 4 heteroatoms. The maximum atomic E-state index is 12.4. The highest BCUT2D eigenvalue weighted by atomic mass is 16.2. The van der Waals surface area contributed by atoms with E-state index in [1.165, 1.54) is 0 Å². The summed E-state index contributed by atoms with van der Waals surface area (Å²) >= 11 is 0. The predicted molar refractivity (Wildman–Crippen MR) is 83.3 cm³/mol. The zero-order valence-corrected chi connectivity index (χ0v) is 12.7. The molecule has 1 heterocycles. The quantitative estimate of drug-likeness (QED) is 0.910. The Hall–Kier alpha value is -1.55. The van der Waals surface area contributed by atoms with Crippen molar-refractivity contribution in [3.8, 4) is 0 Å². The molecule has 1 fully saturated rings. The Labute approximate surface area is 121 Å². The molecule has 0 aliphatic carbocycles. The number of benzene rings is 1. The molecule has 0 spiro atoms. The minimum Gasteiger partial charge on any atom is -0.378 e. The Kier molecular flexibility index (Phi) is 5.01. The third-order valence-corrected chi connectivity index (χ3v) is 4.03. The Morgan fingerprint density at radius 3 is 2.35 bits per heavy atom. The minimum absolute atomic E-state index is 0.165. The van der Waals surface area contributed by atoms with E-state index < -0.39 is 0 Å². The van der Waals surface area contributed by atoms with Gasteiger partial charge < -0.3 is 15.1 Å². The van der Waals surface area contributed by atoms with Crippen LogP contribution in [-0.2, 0) is 0 Å². The lowest BCUT2D eigenvalue weighted by Gasteiger charge is -2.32. The smallest absolute Gasteiger partial charge is 0.253 e. The molecule has 2 rings (SSSR count). The fraction of sp³-hybridized carbons (Fsp3) is 0.562. The first-order chi connectivity index (χ1) is 9.61. The van der Waals surface area contributed by atoms with Gasteiger partial charge in [-0.05, 0) is 56.6 Å². The van der Waals surface area contributed by atoms with Crippen molar-refractivity contribution in [2.75, 3.05) is 45.7 Å². The summed E-state index contributed by atoms with van der Waals surface area (Å²) < 4.78 is 0. The minimum atomic E-state index is 0.165. The van der Waals surface area contributed by atoms with E-state index in [9.17, 15) is 4.79 Å². The third-order valence-electron chi connectivity index (χ3n) is 4.03. The van der Waals surface area contributed by atoms with Crippen molar-refractivity contribution in [2.45, 2.75) is 12.8 Å². The first-order valence-corrected chi connectivity index (χ1v) is 7.33. The van der Waals surface area contributed by atoms with Crippen LogP contribution in [-0.4, -0.2) is 51.6 Å². The molecule has 1 amide bonds. The Morgan fingerprint density at radius 2 is 1.85 bits per heavy atom. The molecule has 0 bridgehead atoms. The van der Waals surface area contributed by atoms with E-state index in [1.54, 1.807) is 0 Å². The summed E-state index contributed by atoms with van der Waals surface area (Å²) in [5, 5.41) is 3.22. The van der Waals surface area contributed by atoms with E-state index in [-0.39, 0.29) is 5.91 Å². The molecule has 0 radical (unpaired) electrons. The van der Waals surface area contributed by atoms with Crippen LogP contribution in [0.2, 0.25) is 0 Å². The molecule has 0 unspecified atom stereocenters. The van der Waals surface area contributed by atoms with Gasteiger partial charge >= 0.3 is 0 Å². The molecule has 1 aromatic rings. The van der Waals surface area contributed by atoms with E-state index in [2.05, 4.69) is 5.32 Å². The molecule has 1 N–H and O–H groups in total. The van der Waals surface area contributed by atoms with Crippen molar-refractivity contribution in [1.29, 1.82) is 0 Å². The molecular weight excluding hydrogens is 250 g/mol. The highest BCUT2D eigenvalue weighted by molar-refractivity contribution is 5.94. The number of carbonyl (C=O) groups is 1. The van der Waals surface area contributed by atoms with Crippen LogP contribution in [0.5, 0.6) is 0 Å². The number of nitrogens with one attached hydrogen (secondary N) is 1. The summed E-state index contributed by atoms with van der Waals surface area (Å²) in [5.41, 5.74) is 1.91. The average molecular weight is 275 g/mol. The first-order valence-electron chi connectivity index (χ1n) is 7.33. The zero-order chi connectivity index (χ0) is 14.5. The lowest BCUT2D eigenvalue weighted by molar-refractivity contribution is 0.0691. The number of hydrogen-bond donors (Lipinski definition) is 1. The van der Waals surface area contributed by atoms with Crippen LogP contribution >= 0.6 is 0 Å².